The van der Waals surface area contributed by atoms with Gasteiger partial charge in [0.05, 0.1) is 22.6 Å². The third kappa shape index (κ3) is 3.82. The molecule has 3 aliphatic rings. The second-order valence-corrected chi connectivity index (χ2v) is 16.3. The highest BCUT2D eigenvalue weighted by Crippen LogP contribution is 2.60. The molecule has 0 spiro atoms. The van der Waals surface area contributed by atoms with Crippen molar-refractivity contribution in [3.05, 3.63) is 181 Å². The van der Waals surface area contributed by atoms with Crippen LogP contribution in [0.25, 0.3) is 27.7 Å². The van der Waals surface area contributed by atoms with Crippen LogP contribution in [0.15, 0.2) is 170 Å². The lowest BCUT2D eigenvalue weighted by Crippen LogP contribution is -2.40. The molecule has 0 N–H and O–H groups in total. The minimum Gasteiger partial charge on any atom is -0.309 e. The summed E-state index contributed by atoms with van der Waals surface area (Å²) in [5.74, 6) is 1.24. The lowest BCUT2D eigenvalue weighted by atomic mass is 9.81. The van der Waals surface area contributed by atoms with E-state index in [0.717, 1.165) is 5.69 Å². The second-order valence-electron chi connectivity index (χ2n) is 14.2. The van der Waals surface area contributed by atoms with Gasteiger partial charge in [0.15, 0.2) is 0 Å². The first-order chi connectivity index (χ1) is 25.1. The zero-order valence-electron chi connectivity index (χ0n) is 28.5. The SMILES string of the molecule is CC1(C)c2ccccc2-c2ccc3c4c(n(-c5ccccc5)c3c21)N(c1ccccc1)c1cccc2c1P4c1ccccc1N2c1ccccc1. The van der Waals surface area contributed by atoms with Gasteiger partial charge in [-0.3, -0.25) is 9.47 Å². The highest BCUT2D eigenvalue weighted by Gasteiger charge is 2.46. The maximum Gasteiger partial charge on any atom is 0.132 e. The number of hydrogen-bond donors (Lipinski definition) is 0. The highest BCUT2D eigenvalue weighted by atomic mass is 31.1. The van der Waals surface area contributed by atoms with Gasteiger partial charge >= 0.3 is 0 Å². The van der Waals surface area contributed by atoms with Crippen LogP contribution in [-0.4, -0.2) is 4.57 Å². The van der Waals surface area contributed by atoms with Crippen molar-refractivity contribution in [1.82, 2.24) is 4.57 Å². The van der Waals surface area contributed by atoms with Gasteiger partial charge in [0, 0.05) is 43.8 Å². The molecule has 8 aromatic rings. The molecule has 51 heavy (non-hydrogen) atoms. The smallest absolute Gasteiger partial charge is 0.132 e. The van der Waals surface area contributed by atoms with E-state index < -0.39 is 7.92 Å². The molecule has 0 fully saturated rings. The Labute approximate surface area is 299 Å². The van der Waals surface area contributed by atoms with Gasteiger partial charge in [-0.1, -0.05) is 129 Å². The summed E-state index contributed by atoms with van der Waals surface area (Å²) < 4.78 is 2.61. The number of para-hydroxylation sites is 4. The van der Waals surface area contributed by atoms with Gasteiger partial charge in [-0.05, 0) is 84.8 Å². The van der Waals surface area contributed by atoms with E-state index in [4.69, 9.17) is 0 Å². The Balaban J connectivity index is 1.34. The summed E-state index contributed by atoms with van der Waals surface area (Å²) in [6, 6.07) is 62.8. The fraction of sp³-hybridized carbons (Fsp3) is 0.0638. The van der Waals surface area contributed by atoms with E-state index in [1.165, 1.54) is 83.3 Å². The van der Waals surface area contributed by atoms with E-state index >= 15 is 0 Å². The summed E-state index contributed by atoms with van der Waals surface area (Å²) in [7, 11) is -0.955. The lowest BCUT2D eigenvalue weighted by molar-refractivity contribution is 0.663. The highest BCUT2D eigenvalue weighted by molar-refractivity contribution is 7.81. The number of aromatic nitrogens is 1. The van der Waals surface area contributed by atoms with E-state index in [1.807, 2.05) is 0 Å². The first-order valence-corrected chi connectivity index (χ1v) is 19.1. The largest absolute Gasteiger partial charge is 0.309 e. The number of fused-ring (bicyclic) bond motifs is 10. The molecule has 3 heterocycles. The molecule has 7 aromatic carbocycles. The quantitative estimate of drug-likeness (QED) is 0.173. The molecule has 1 aliphatic carbocycles. The molecular formula is C47H34N3P. The molecule has 0 radical (unpaired) electrons. The first-order valence-electron chi connectivity index (χ1n) is 17.7. The van der Waals surface area contributed by atoms with Gasteiger partial charge in [-0.2, -0.15) is 0 Å². The Bertz CT molecular complexity index is 2680. The third-order valence-electron chi connectivity index (χ3n) is 11.1. The number of anilines is 6. The van der Waals surface area contributed by atoms with Gasteiger partial charge in [-0.15, -0.1) is 0 Å². The molecule has 3 nitrogen and oxygen atoms in total. The summed E-state index contributed by atoms with van der Waals surface area (Å²) in [5, 5.41) is 5.55. The summed E-state index contributed by atoms with van der Waals surface area (Å²) in [5.41, 5.74) is 13.9. The molecule has 1 unspecified atom stereocenters. The minimum absolute atomic E-state index is 0.184. The third-order valence-corrected chi connectivity index (χ3v) is 13.8. The van der Waals surface area contributed by atoms with Crippen LogP contribution in [0.1, 0.15) is 25.0 Å². The molecule has 0 saturated carbocycles. The number of rotatable bonds is 3. The van der Waals surface area contributed by atoms with Gasteiger partial charge in [-0.25, -0.2) is 0 Å². The number of nitrogens with zero attached hydrogens (tertiary/aromatic N) is 3. The maximum atomic E-state index is 2.61. The Kier molecular flexibility index (Phi) is 5.98. The van der Waals surface area contributed by atoms with Crippen molar-refractivity contribution in [1.29, 1.82) is 0 Å². The van der Waals surface area contributed by atoms with Gasteiger partial charge in [0.2, 0.25) is 0 Å². The zero-order chi connectivity index (χ0) is 33.8. The monoisotopic (exact) mass is 671 g/mol. The molecule has 11 rings (SSSR count). The van der Waals surface area contributed by atoms with E-state index in [1.54, 1.807) is 0 Å². The van der Waals surface area contributed by atoms with Crippen LogP contribution < -0.4 is 25.7 Å². The Morgan fingerprint density at radius 2 is 1.02 bits per heavy atom. The molecule has 1 aromatic heterocycles. The van der Waals surface area contributed by atoms with E-state index in [2.05, 4.69) is 198 Å². The summed E-state index contributed by atoms with van der Waals surface area (Å²) in [4.78, 5) is 5.04. The molecular weight excluding hydrogens is 638 g/mol. The Morgan fingerprint density at radius 1 is 0.451 bits per heavy atom. The van der Waals surface area contributed by atoms with Crippen molar-refractivity contribution in [2.45, 2.75) is 19.3 Å². The molecule has 0 saturated heterocycles. The predicted octanol–water partition coefficient (Wildman–Crippen LogP) is 11.3. The van der Waals surface area contributed by atoms with E-state index in [0.29, 0.717) is 0 Å². The van der Waals surface area contributed by atoms with Crippen LogP contribution in [0, 0.1) is 0 Å². The second kappa shape index (κ2) is 10.6. The molecule has 0 amide bonds. The van der Waals surface area contributed by atoms with E-state index in [9.17, 15) is 0 Å². The first kappa shape index (κ1) is 28.9. The zero-order valence-corrected chi connectivity index (χ0v) is 29.3. The summed E-state index contributed by atoms with van der Waals surface area (Å²) >= 11 is 0. The van der Waals surface area contributed by atoms with Crippen LogP contribution in [0.4, 0.5) is 34.3 Å². The topological polar surface area (TPSA) is 11.4 Å². The normalized spacial score (nSPS) is 15.9. The van der Waals surface area contributed by atoms with Gasteiger partial charge < -0.3 is 4.90 Å². The lowest BCUT2D eigenvalue weighted by Gasteiger charge is -2.44. The molecule has 0 bridgehead atoms. The van der Waals surface area contributed by atoms with Crippen molar-refractivity contribution in [3.8, 4) is 16.8 Å². The summed E-state index contributed by atoms with van der Waals surface area (Å²) in [6.45, 7) is 4.83. The average molecular weight is 672 g/mol. The molecule has 2 aliphatic heterocycles. The van der Waals surface area contributed by atoms with Crippen LogP contribution in [-0.2, 0) is 5.41 Å². The van der Waals surface area contributed by atoms with Crippen LogP contribution in [0.2, 0.25) is 0 Å². The van der Waals surface area contributed by atoms with Crippen molar-refractivity contribution in [2.75, 3.05) is 9.80 Å². The molecule has 1 atom stereocenters. The van der Waals surface area contributed by atoms with Crippen molar-refractivity contribution >= 4 is 69.0 Å². The van der Waals surface area contributed by atoms with Crippen LogP contribution >= 0.6 is 7.92 Å². The predicted molar refractivity (Wildman–Crippen MR) is 216 cm³/mol. The van der Waals surface area contributed by atoms with Crippen molar-refractivity contribution in [3.63, 3.8) is 0 Å². The Morgan fingerprint density at radius 3 is 1.75 bits per heavy atom. The molecule has 4 heteroatoms. The number of benzene rings is 7. The van der Waals surface area contributed by atoms with Gasteiger partial charge in [0.1, 0.15) is 5.82 Å². The minimum atomic E-state index is -0.955. The Hall–Kier alpha value is -5.89. The summed E-state index contributed by atoms with van der Waals surface area (Å²) in [6.07, 6.45) is 0. The fourth-order valence-corrected chi connectivity index (χ4v) is 12.1. The fourth-order valence-electron chi connectivity index (χ4n) is 9.10. The van der Waals surface area contributed by atoms with Crippen molar-refractivity contribution in [2.24, 2.45) is 0 Å². The van der Waals surface area contributed by atoms with Crippen molar-refractivity contribution < 1.29 is 0 Å². The van der Waals surface area contributed by atoms with Crippen LogP contribution in [0.5, 0.6) is 0 Å². The maximum absolute atomic E-state index is 2.61. The van der Waals surface area contributed by atoms with E-state index in [-0.39, 0.29) is 5.41 Å². The average Bonchev–Trinajstić information content (AvgIpc) is 3.64. The van der Waals surface area contributed by atoms with Gasteiger partial charge in [0.25, 0.3) is 0 Å². The standard InChI is InChI=1S/C47H34N3P/c1-47(2)37-24-13-12-23-34(37)35-29-30-36-43(42(35)47)50(33-21-10-5-11-22-33)46-44(36)51-41-28-15-14-25-38(41)48(31-17-6-3-7-18-31)39-26-16-27-40(45(39)51)49(46)32-19-8-4-9-20-32/h3-30H,1-2H3. The molecule has 242 valence electrons. The van der Waals surface area contributed by atoms with Crippen LogP contribution in [0.3, 0.4) is 0 Å². The number of hydrogen-bond acceptors (Lipinski definition) is 2.